The van der Waals surface area contributed by atoms with Crippen molar-refractivity contribution in [2.45, 2.75) is 20.4 Å². The first kappa shape index (κ1) is 10.6. The molecule has 0 amide bonds. The van der Waals surface area contributed by atoms with Gasteiger partial charge in [-0.3, -0.25) is 0 Å². The molecule has 0 atom stereocenters. The van der Waals surface area contributed by atoms with Crippen LogP contribution < -0.4 is 4.57 Å². The Kier molecular flexibility index (Phi) is 2.52. The number of hydrogen-bond donors (Lipinski definition) is 0. The molecule has 0 aliphatic carbocycles. The molecule has 0 aliphatic heterocycles. The fraction of sp³-hybridized carbons (Fsp3) is 0.200. The van der Waals surface area contributed by atoms with E-state index in [4.69, 9.17) is 0 Å². The number of aromatic nitrogens is 1. The van der Waals surface area contributed by atoms with E-state index < -0.39 is 0 Å². The summed E-state index contributed by atoms with van der Waals surface area (Å²) in [6, 6.07) is 15.2. The molecule has 3 aromatic rings. The standard InChI is InChI=1S/C15H15NS/c1-3-16-12-8-4-5-9-13(12)17-14-10-6-7-11(2)15(14)16/h4-10H,3H2,1-2H3/q+2. The summed E-state index contributed by atoms with van der Waals surface area (Å²) in [6.07, 6.45) is 0. The molecule has 0 fully saturated rings. The molecule has 0 saturated carbocycles. The van der Waals surface area contributed by atoms with Crippen molar-refractivity contribution in [1.29, 1.82) is 0 Å². The second-order valence-corrected chi connectivity index (χ2v) is 5.32. The highest BCUT2D eigenvalue weighted by atomic mass is 32.1. The summed E-state index contributed by atoms with van der Waals surface area (Å²) in [6.45, 7) is 5.41. The van der Waals surface area contributed by atoms with E-state index in [0.29, 0.717) is 0 Å². The van der Waals surface area contributed by atoms with Crippen LogP contribution in [0.25, 0.3) is 20.4 Å². The van der Waals surface area contributed by atoms with E-state index in [2.05, 4.69) is 60.9 Å². The Hall–Kier alpha value is -1.54. The highest BCUT2D eigenvalue weighted by Crippen LogP contribution is 2.25. The Morgan fingerprint density at radius 3 is 2.59 bits per heavy atom. The second-order valence-electron chi connectivity index (χ2n) is 4.24. The molecule has 17 heavy (non-hydrogen) atoms. The van der Waals surface area contributed by atoms with Crippen molar-refractivity contribution in [3.05, 3.63) is 48.0 Å². The first-order chi connectivity index (χ1) is 8.31. The largest absolute Gasteiger partial charge is 0.302 e. The van der Waals surface area contributed by atoms with Gasteiger partial charge in [0.05, 0.1) is 0 Å². The Morgan fingerprint density at radius 2 is 1.76 bits per heavy atom. The minimum absolute atomic E-state index is 1.01. The SMILES string of the molecule is CC[n+]1c2ccccc2[s+]c2cccc(C)c21. The van der Waals surface area contributed by atoms with Crippen LogP contribution in [0.1, 0.15) is 12.5 Å². The van der Waals surface area contributed by atoms with Gasteiger partial charge in [0.15, 0.2) is 0 Å². The van der Waals surface area contributed by atoms with Crippen molar-refractivity contribution in [2.24, 2.45) is 0 Å². The molecule has 0 aliphatic rings. The van der Waals surface area contributed by atoms with Crippen LogP contribution in [0.4, 0.5) is 0 Å². The normalized spacial score (nSPS) is 11.2. The fourth-order valence-electron chi connectivity index (χ4n) is 2.39. The molecule has 0 saturated heterocycles. The molecule has 0 unspecified atom stereocenters. The van der Waals surface area contributed by atoms with Crippen molar-refractivity contribution in [1.82, 2.24) is 0 Å². The van der Waals surface area contributed by atoms with Crippen LogP contribution in [-0.4, -0.2) is 0 Å². The summed E-state index contributed by atoms with van der Waals surface area (Å²) in [5.41, 5.74) is 4.06. The van der Waals surface area contributed by atoms with Crippen LogP contribution >= 0.6 is 11.3 Å². The van der Waals surface area contributed by atoms with Crippen molar-refractivity contribution in [3.8, 4) is 0 Å². The van der Waals surface area contributed by atoms with Gasteiger partial charge >= 0.3 is 9.40 Å². The molecule has 1 aromatic heterocycles. The lowest BCUT2D eigenvalue weighted by Gasteiger charge is -1.99. The van der Waals surface area contributed by atoms with E-state index in [0.717, 1.165) is 6.54 Å². The molecule has 84 valence electrons. The predicted octanol–water partition coefficient (Wildman–Crippen LogP) is 3.95. The topological polar surface area (TPSA) is 3.88 Å². The number of para-hydroxylation sites is 2. The zero-order valence-corrected chi connectivity index (χ0v) is 10.9. The van der Waals surface area contributed by atoms with Crippen molar-refractivity contribution < 1.29 is 4.57 Å². The van der Waals surface area contributed by atoms with Crippen LogP contribution in [-0.2, 0) is 6.54 Å². The summed E-state index contributed by atoms with van der Waals surface area (Å²) in [7, 11) is 0. The molecule has 0 radical (unpaired) electrons. The lowest BCUT2D eigenvalue weighted by molar-refractivity contribution is -0.641. The summed E-state index contributed by atoms with van der Waals surface area (Å²) in [5.74, 6) is 0. The Morgan fingerprint density at radius 1 is 1.00 bits per heavy atom. The maximum atomic E-state index is 2.41. The van der Waals surface area contributed by atoms with Gasteiger partial charge in [0, 0.05) is 23.8 Å². The third kappa shape index (κ3) is 1.60. The fourth-order valence-corrected chi connectivity index (χ4v) is 3.57. The van der Waals surface area contributed by atoms with Crippen LogP contribution in [0.5, 0.6) is 0 Å². The minimum Gasteiger partial charge on any atom is -0.183 e. The predicted molar refractivity (Wildman–Crippen MR) is 74.3 cm³/mol. The number of hydrogen-bond acceptors (Lipinski definition) is 0. The van der Waals surface area contributed by atoms with Crippen LogP contribution in [0.3, 0.4) is 0 Å². The van der Waals surface area contributed by atoms with Crippen molar-refractivity contribution in [2.75, 3.05) is 0 Å². The van der Waals surface area contributed by atoms with Gasteiger partial charge in [-0.1, -0.05) is 24.3 Å². The van der Waals surface area contributed by atoms with E-state index >= 15 is 0 Å². The summed E-state index contributed by atoms with van der Waals surface area (Å²) < 4.78 is 5.13. The minimum atomic E-state index is 1.01. The van der Waals surface area contributed by atoms with Crippen molar-refractivity contribution >= 4 is 31.8 Å². The number of benzene rings is 2. The molecule has 0 bridgehead atoms. The molecule has 0 spiro atoms. The molecular weight excluding hydrogens is 226 g/mol. The van der Waals surface area contributed by atoms with Gasteiger partial charge in [-0.2, -0.15) is 4.57 Å². The van der Waals surface area contributed by atoms with E-state index in [-0.39, 0.29) is 0 Å². The number of aryl methyl sites for hydroxylation is 2. The maximum absolute atomic E-state index is 2.41. The first-order valence-electron chi connectivity index (χ1n) is 5.95. The smallest absolute Gasteiger partial charge is 0.183 e. The molecular formula is C15H15NS+2. The lowest BCUT2D eigenvalue weighted by atomic mass is 10.2. The van der Waals surface area contributed by atoms with Gasteiger partial charge in [0.2, 0.25) is 11.3 Å². The number of rotatable bonds is 1. The second kappa shape index (κ2) is 4.04. The van der Waals surface area contributed by atoms with E-state index in [1.807, 2.05) is 11.3 Å². The third-order valence-electron chi connectivity index (χ3n) is 3.16. The maximum Gasteiger partial charge on any atom is 0.302 e. The molecule has 2 heteroatoms. The highest BCUT2D eigenvalue weighted by molar-refractivity contribution is 7.24. The van der Waals surface area contributed by atoms with Gasteiger partial charge < -0.3 is 0 Å². The Bertz CT molecular complexity index is 704. The number of nitrogens with zero attached hydrogens (tertiary/aromatic N) is 1. The molecule has 1 nitrogen and oxygen atoms in total. The summed E-state index contributed by atoms with van der Waals surface area (Å²) in [5, 5.41) is 0. The first-order valence-corrected chi connectivity index (χ1v) is 6.77. The van der Waals surface area contributed by atoms with E-state index in [1.165, 1.54) is 26.0 Å². The van der Waals surface area contributed by atoms with Gasteiger partial charge in [0.1, 0.15) is 6.54 Å². The van der Waals surface area contributed by atoms with E-state index in [1.54, 1.807) is 0 Å². The Balaban J connectivity index is 2.59. The van der Waals surface area contributed by atoms with Gasteiger partial charge in [-0.05, 0) is 13.8 Å². The monoisotopic (exact) mass is 241 g/mol. The number of fused-ring (bicyclic) bond motifs is 2. The van der Waals surface area contributed by atoms with Crippen LogP contribution in [0, 0.1) is 6.92 Å². The summed E-state index contributed by atoms with van der Waals surface area (Å²) in [4.78, 5) is 0. The summed E-state index contributed by atoms with van der Waals surface area (Å²) >= 11 is 1.87. The third-order valence-corrected chi connectivity index (χ3v) is 4.28. The average Bonchev–Trinajstić information content (AvgIpc) is 2.36. The van der Waals surface area contributed by atoms with Crippen LogP contribution in [0.15, 0.2) is 42.5 Å². The lowest BCUT2D eigenvalue weighted by Crippen LogP contribution is -2.34. The van der Waals surface area contributed by atoms with Gasteiger partial charge in [-0.25, -0.2) is 0 Å². The molecule has 0 N–H and O–H groups in total. The molecule has 1 heterocycles. The van der Waals surface area contributed by atoms with E-state index in [9.17, 15) is 0 Å². The average molecular weight is 241 g/mol. The Labute approximate surface area is 105 Å². The highest BCUT2D eigenvalue weighted by Gasteiger charge is 2.24. The van der Waals surface area contributed by atoms with Crippen LogP contribution in [0.2, 0.25) is 0 Å². The molecule has 3 rings (SSSR count). The quantitative estimate of drug-likeness (QED) is 0.345. The van der Waals surface area contributed by atoms with Gasteiger partial charge in [-0.15, -0.1) is 0 Å². The molecule has 2 aromatic carbocycles. The van der Waals surface area contributed by atoms with Crippen molar-refractivity contribution in [3.63, 3.8) is 0 Å². The zero-order valence-electron chi connectivity index (χ0n) is 10.1. The van der Waals surface area contributed by atoms with Gasteiger partial charge in [0.25, 0.3) is 11.0 Å². The zero-order chi connectivity index (χ0) is 11.8.